The van der Waals surface area contributed by atoms with E-state index in [0.29, 0.717) is 17.1 Å². The van der Waals surface area contributed by atoms with Gasteiger partial charge in [-0.3, -0.25) is 4.79 Å². The predicted octanol–water partition coefficient (Wildman–Crippen LogP) is 3.83. The maximum absolute atomic E-state index is 12.1. The van der Waals surface area contributed by atoms with Crippen LogP contribution in [0.4, 0.5) is 0 Å². The van der Waals surface area contributed by atoms with Crippen LogP contribution in [-0.4, -0.2) is 26.3 Å². The Hall–Kier alpha value is -1.61. The van der Waals surface area contributed by atoms with Crippen LogP contribution in [0.3, 0.4) is 0 Å². The fourth-order valence-electron chi connectivity index (χ4n) is 1.83. The van der Waals surface area contributed by atoms with Crippen molar-refractivity contribution >= 4 is 50.6 Å². The van der Waals surface area contributed by atoms with Crippen LogP contribution < -0.4 is 14.9 Å². The molecular weight excluding hydrogens is 475 g/mol. The van der Waals surface area contributed by atoms with Crippen LogP contribution in [-0.2, 0) is 0 Å². The highest BCUT2D eigenvalue weighted by Crippen LogP contribution is 2.22. The molecule has 0 saturated carbocycles. The number of nitrogens with one attached hydrogen (secondary N) is 1. The molecule has 120 valence electrons. The van der Waals surface area contributed by atoms with Gasteiger partial charge in [-0.15, -0.1) is 0 Å². The van der Waals surface area contributed by atoms with Gasteiger partial charge in [0, 0.05) is 15.6 Å². The number of amides is 1. The lowest BCUT2D eigenvalue weighted by molar-refractivity contribution is 0.0954. The van der Waals surface area contributed by atoms with Gasteiger partial charge in [0.15, 0.2) is 0 Å². The Morgan fingerprint density at radius 1 is 1.17 bits per heavy atom. The molecule has 0 aliphatic rings. The quantitative estimate of drug-likeness (QED) is 0.395. The zero-order valence-corrected chi connectivity index (χ0v) is 16.2. The van der Waals surface area contributed by atoms with Gasteiger partial charge in [0.25, 0.3) is 5.91 Å². The molecular formula is C16H14BrIN2O3. The van der Waals surface area contributed by atoms with Crippen molar-refractivity contribution in [2.24, 2.45) is 5.10 Å². The number of benzene rings is 2. The average Bonchev–Trinajstić information content (AvgIpc) is 2.55. The number of nitrogens with zero attached hydrogens (tertiary/aromatic N) is 1. The molecule has 0 radical (unpaired) electrons. The van der Waals surface area contributed by atoms with Crippen LogP contribution in [0.15, 0.2) is 46.0 Å². The molecule has 2 aromatic carbocycles. The molecule has 0 heterocycles. The zero-order chi connectivity index (χ0) is 16.8. The molecule has 2 aromatic rings. The fraction of sp³-hybridized carbons (Fsp3) is 0.125. The average molecular weight is 489 g/mol. The van der Waals surface area contributed by atoms with Crippen molar-refractivity contribution in [3.8, 4) is 11.5 Å². The SMILES string of the molecule is COc1cc(C(=O)N/N=C\c2cc(Br)ccc2OC)ccc1I. The number of hydrogen-bond acceptors (Lipinski definition) is 4. The molecule has 5 nitrogen and oxygen atoms in total. The van der Waals surface area contributed by atoms with Crippen LogP contribution in [0.1, 0.15) is 15.9 Å². The summed E-state index contributed by atoms with van der Waals surface area (Å²) in [4.78, 5) is 12.1. The van der Waals surface area contributed by atoms with Gasteiger partial charge >= 0.3 is 0 Å². The summed E-state index contributed by atoms with van der Waals surface area (Å²) in [6.07, 6.45) is 1.53. The molecule has 0 fully saturated rings. The van der Waals surface area contributed by atoms with E-state index in [0.717, 1.165) is 13.6 Å². The number of carbonyl (C=O) groups excluding carboxylic acids is 1. The molecule has 0 aliphatic carbocycles. The van der Waals surface area contributed by atoms with E-state index in [1.807, 2.05) is 24.3 Å². The van der Waals surface area contributed by atoms with Crippen molar-refractivity contribution in [3.05, 3.63) is 55.6 Å². The van der Waals surface area contributed by atoms with E-state index in [9.17, 15) is 4.79 Å². The summed E-state index contributed by atoms with van der Waals surface area (Å²) in [5, 5.41) is 3.98. The molecule has 23 heavy (non-hydrogen) atoms. The van der Waals surface area contributed by atoms with E-state index < -0.39 is 0 Å². The number of methoxy groups -OCH3 is 2. The van der Waals surface area contributed by atoms with Gasteiger partial charge in [-0.1, -0.05) is 15.9 Å². The van der Waals surface area contributed by atoms with Crippen LogP contribution in [0.25, 0.3) is 0 Å². The number of hydrogen-bond donors (Lipinski definition) is 1. The third-order valence-corrected chi connectivity index (χ3v) is 4.36. The lowest BCUT2D eigenvalue weighted by Crippen LogP contribution is -2.17. The van der Waals surface area contributed by atoms with E-state index in [1.165, 1.54) is 6.21 Å². The maximum atomic E-state index is 12.1. The summed E-state index contributed by atoms with van der Waals surface area (Å²) in [5.41, 5.74) is 3.72. The first kappa shape index (κ1) is 17.7. The minimum absolute atomic E-state index is 0.315. The molecule has 1 amide bonds. The van der Waals surface area contributed by atoms with Crippen LogP contribution >= 0.6 is 38.5 Å². The highest BCUT2D eigenvalue weighted by atomic mass is 127. The maximum Gasteiger partial charge on any atom is 0.271 e. The summed E-state index contributed by atoms with van der Waals surface area (Å²) >= 11 is 5.53. The lowest BCUT2D eigenvalue weighted by Gasteiger charge is -2.06. The van der Waals surface area contributed by atoms with E-state index in [2.05, 4.69) is 49.0 Å². The molecule has 0 aliphatic heterocycles. The number of ether oxygens (including phenoxy) is 2. The van der Waals surface area contributed by atoms with Gasteiger partial charge < -0.3 is 9.47 Å². The molecule has 0 atom stereocenters. The van der Waals surface area contributed by atoms with Crippen LogP contribution in [0, 0.1) is 3.57 Å². The van der Waals surface area contributed by atoms with Crippen molar-refractivity contribution < 1.29 is 14.3 Å². The van der Waals surface area contributed by atoms with Crippen LogP contribution in [0.2, 0.25) is 0 Å². The lowest BCUT2D eigenvalue weighted by atomic mass is 10.2. The van der Waals surface area contributed by atoms with E-state index in [-0.39, 0.29) is 5.91 Å². The molecule has 0 bridgehead atoms. The fourth-order valence-corrected chi connectivity index (χ4v) is 2.77. The van der Waals surface area contributed by atoms with Crippen molar-refractivity contribution in [3.63, 3.8) is 0 Å². The topological polar surface area (TPSA) is 59.9 Å². The monoisotopic (exact) mass is 488 g/mol. The molecule has 2 rings (SSSR count). The number of carbonyl (C=O) groups is 1. The van der Waals surface area contributed by atoms with E-state index in [4.69, 9.17) is 9.47 Å². The Labute approximate surface area is 156 Å². The molecule has 0 aromatic heterocycles. The Morgan fingerprint density at radius 3 is 2.61 bits per heavy atom. The smallest absolute Gasteiger partial charge is 0.271 e. The normalized spacial score (nSPS) is 10.6. The van der Waals surface area contributed by atoms with Crippen molar-refractivity contribution in [2.45, 2.75) is 0 Å². The minimum Gasteiger partial charge on any atom is -0.496 e. The van der Waals surface area contributed by atoms with Gasteiger partial charge in [0.2, 0.25) is 0 Å². The minimum atomic E-state index is -0.315. The second kappa shape index (κ2) is 8.30. The second-order valence-electron chi connectivity index (χ2n) is 4.43. The first-order valence-electron chi connectivity index (χ1n) is 6.55. The third kappa shape index (κ3) is 4.68. The molecule has 7 heteroatoms. The second-order valence-corrected chi connectivity index (χ2v) is 6.51. The Balaban J connectivity index is 2.11. The predicted molar refractivity (Wildman–Crippen MR) is 101 cm³/mol. The van der Waals surface area contributed by atoms with Gasteiger partial charge in [-0.05, 0) is 59.0 Å². The summed E-state index contributed by atoms with van der Waals surface area (Å²) in [6, 6.07) is 10.7. The highest BCUT2D eigenvalue weighted by molar-refractivity contribution is 14.1. The summed E-state index contributed by atoms with van der Waals surface area (Å²) in [5.74, 6) is 1.00. The highest BCUT2D eigenvalue weighted by Gasteiger charge is 2.08. The van der Waals surface area contributed by atoms with Gasteiger partial charge in [0.1, 0.15) is 11.5 Å². The summed E-state index contributed by atoms with van der Waals surface area (Å²) in [6.45, 7) is 0. The number of hydrazone groups is 1. The first-order valence-corrected chi connectivity index (χ1v) is 8.43. The standard InChI is InChI=1S/C16H14BrIN2O3/c1-22-14-6-4-12(17)7-11(14)9-19-20-16(21)10-3-5-13(18)15(8-10)23-2/h3-9H,1-2H3,(H,20,21)/b19-9-. The zero-order valence-electron chi connectivity index (χ0n) is 12.5. The molecule has 0 saturated heterocycles. The summed E-state index contributed by atoms with van der Waals surface area (Å²) in [7, 11) is 3.15. The van der Waals surface area contributed by atoms with Crippen molar-refractivity contribution in [2.75, 3.05) is 14.2 Å². The Bertz CT molecular complexity index is 750. The van der Waals surface area contributed by atoms with Crippen molar-refractivity contribution in [1.82, 2.24) is 5.43 Å². The van der Waals surface area contributed by atoms with E-state index >= 15 is 0 Å². The molecule has 0 unspecified atom stereocenters. The van der Waals surface area contributed by atoms with E-state index in [1.54, 1.807) is 26.4 Å². The number of rotatable bonds is 5. The first-order chi connectivity index (χ1) is 11.0. The van der Waals surface area contributed by atoms with Gasteiger partial charge in [0.05, 0.1) is 24.0 Å². The number of halogens is 2. The van der Waals surface area contributed by atoms with Crippen LogP contribution in [0.5, 0.6) is 11.5 Å². The molecule has 1 N–H and O–H groups in total. The Morgan fingerprint density at radius 2 is 1.91 bits per heavy atom. The van der Waals surface area contributed by atoms with Gasteiger partial charge in [-0.2, -0.15) is 5.10 Å². The summed E-state index contributed by atoms with van der Waals surface area (Å²) < 4.78 is 12.3. The largest absolute Gasteiger partial charge is 0.496 e. The third-order valence-electron chi connectivity index (χ3n) is 2.97. The van der Waals surface area contributed by atoms with Crippen molar-refractivity contribution in [1.29, 1.82) is 0 Å². The Kier molecular flexibility index (Phi) is 6.40. The van der Waals surface area contributed by atoms with Gasteiger partial charge in [-0.25, -0.2) is 5.43 Å². The molecule has 0 spiro atoms.